The number of hydrogen-bond acceptors (Lipinski definition) is 2. The normalized spacial score (nSPS) is 20.3. The predicted octanol–water partition coefficient (Wildman–Crippen LogP) is 4.18. The molecule has 19 heavy (non-hydrogen) atoms. The Morgan fingerprint density at radius 1 is 1.00 bits per heavy atom. The smallest absolute Gasteiger partial charge is 0.225 e. The Kier molecular flexibility index (Phi) is 9.78. The fraction of sp³-hybridized carbons (Fsp3) is 0.875. The first-order valence-corrected chi connectivity index (χ1v) is 8.08. The van der Waals surface area contributed by atoms with E-state index < -0.39 is 0 Å². The molecule has 1 aliphatic carbocycles. The van der Waals surface area contributed by atoms with Crippen molar-refractivity contribution >= 4 is 5.91 Å². The lowest BCUT2D eigenvalue weighted by atomic mass is 9.92. The highest BCUT2D eigenvalue weighted by molar-refractivity contribution is 5.78. The van der Waals surface area contributed by atoms with Gasteiger partial charge in [-0.1, -0.05) is 57.8 Å². The maximum Gasteiger partial charge on any atom is 0.225 e. The van der Waals surface area contributed by atoms with Crippen LogP contribution in [0.3, 0.4) is 0 Å². The molecule has 1 N–H and O–H groups in total. The van der Waals surface area contributed by atoms with Crippen LogP contribution in [0, 0.1) is 12.6 Å². The molecule has 0 bridgehead atoms. The van der Waals surface area contributed by atoms with Gasteiger partial charge < -0.3 is 10.1 Å². The van der Waals surface area contributed by atoms with Gasteiger partial charge in [0, 0.05) is 12.5 Å². The number of nitrogens with one attached hydrogen (secondary N) is 1. The molecule has 0 atom stereocenters. The Balaban J connectivity index is 2.30. The van der Waals surface area contributed by atoms with Gasteiger partial charge in [-0.3, -0.25) is 4.79 Å². The number of carbonyl (C=O) groups excluding carboxylic acids is 1. The van der Waals surface area contributed by atoms with Crippen molar-refractivity contribution in [1.29, 1.82) is 0 Å². The molecule has 0 spiro atoms. The minimum atomic E-state index is 0.144. The monoisotopic (exact) mass is 268 g/mol. The number of amides is 1. The van der Waals surface area contributed by atoms with E-state index >= 15 is 0 Å². The minimum absolute atomic E-state index is 0.144. The highest BCUT2D eigenvalue weighted by Crippen LogP contribution is 2.21. The Morgan fingerprint density at radius 3 is 1.95 bits per heavy atom. The van der Waals surface area contributed by atoms with E-state index in [4.69, 9.17) is 4.74 Å². The van der Waals surface area contributed by atoms with Crippen LogP contribution in [-0.4, -0.2) is 12.5 Å². The second-order valence-corrected chi connectivity index (χ2v) is 5.54. The molecule has 1 saturated carbocycles. The van der Waals surface area contributed by atoms with Crippen molar-refractivity contribution in [2.45, 2.75) is 77.6 Å². The van der Waals surface area contributed by atoms with Crippen LogP contribution in [0.1, 0.15) is 77.6 Å². The zero-order valence-corrected chi connectivity index (χ0v) is 12.5. The topological polar surface area (TPSA) is 38.3 Å². The van der Waals surface area contributed by atoms with Crippen LogP contribution in [0.2, 0.25) is 0 Å². The van der Waals surface area contributed by atoms with Crippen LogP contribution in [0.15, 0.2) is 0 Å². The zero-order chi connectivity index (χ0) is 13.8. The van der Waals surface area contributed by atoms with Crippen molar-refractivity contribution in [2.75, 3.05) is 6.61 Å². The molecule has 0 aromatic heterocycles. The SMILES string of the molecule is CCO[CH]NC(=O)C1CCCCCCCCCCC1. The zero-order valence-electron chi connectivity index (χ0n) is 12.5. The number of ether oxygens (including phenoxy) is 1. The Hall–Kier alpha value is -0.570. The standard InChI is InChI=1S/C16H30NO2/c1-2-19-14-17-16(18)15-12-10-8-6-4-3-5-7-9-11-13-15/h14-15H,2-13H2,1H3,(H,17,18). The lowest BCUT2D eigenvalue weighted by molar-refractivity contribution is -0.125. The van der Waals surface area contributed by atoms with Gasteiger partial charge in [0.1, 0.15) is 0 Å². The second kappa shape index (κ2) is 11.3. The van der Waals surface area contributed by atoms with Crippen LogP contribution >= 0.6 is 0 Å². The van der Waals surface area contributed by atoms with Crippen molar-refractivity contribution in [3.63, 3.8) is 0 Å². The Morgan fingerprint density at radius 2 is 1.47 bits per heavy atom. The summed E-state index contributed by atoms with van der Waals surface area (Å²) in [4.78, 5) is 12.1. The third-order valence-electron chi connectivity index (χ3n) is 3.93. The summed E-state index contributed by atoms with van der Waals surface area (Å²) in [5, 5.41) is 2.78. The van der Waals surface area contributed by atoms with Crippen molar-refractivity contribution in [1.82, 2.24) is 5.32 Å². The van der Waals surface area contributed by atoms with E-state index in [1.54, 1.807) is 0 Å². The molecule has 0 aliphatic heterocycles. The van der Waals surface area contributed by atoms with E-state index in [0.717, 1.165) is 12.8 Å². The number of hydrogen-bond donors (Lipinski definition) is 1. The fourth-order valence-electron chi connectivity index (χ4n) is 2.73. The van der Waals surface area contributed by atoms with Crippen LogP contribution in [-0.2, 0) is 9.53 Å². The third kappa shape index (κ3) is 8.25. The van der Waals surface area contributed by atoms with Gasteiger partial charge in [0.2, 0.25) is 5.91 Å². The van der Waals surface area contributed by atoms with Gasteiger partial charge >= 0.3 is 0 Å². The van der Waals surface area contributed by atoms with Gasteiger partial charge in [-0.05, 0) is 19.8 Å². The van der Waals surface area contributed by atoms with E-state index in [9.17, 15) is 4.79 Å². The average Bonchev–Trinajstić information content (AvgIpc) is 2.39. The summed E-state index contributed by atoms with van der Waals surface area (Å²) < 4.78 is 5.08. The van der Waals surface area contributed by atoms with Crippen molar-refractivity contribution < 1.29 is 9.53 Å². The molecular formula is C16H30NO2. The maximum atomic E-state index is 12.1. The minimum Gasteiger partial charge on any atom is -0.354 e. The molecule has 3 nitrogen and oxygen atoms in total. The average molecular weight is 268 g/mol. The van der Waals surface area contributed by atoms with Crippen LogP contribution in [0.25, 0.3) is 0 Å². The molecule has 0 unspecified atom stereocenters. The van der Waals surface area contributed by atoms with Crippen LogP contribution < -0.4 is 5.32 Å². The lowest BCUT2D eigenvalue weighted by Crippen LogP contribution is -2.29. The molecule has 0 saturated heterocycles. The van der Waals surface area contributed by atoms with Gasteiger partial charge in [0.15, 0.2) is 6.73 Å². The highest BCUT2D eigenvalue weighted by atomic mass is 16.5. The molecule has 3 heteroatoms. The fourth-order valence-corrected chi connectivity index (χ4v) is 2.73. The largest absolute Gasteiger partial charge is 0.354 e. The molecule has 1 aliphatic rings. The predicted molar refractivity (Wildman–Crippen MR) is 78.3 cm³/mol. The number of rotatable bonds is 4. The molecule has 0 aromatic rings. The molecular weight excluding hydrogens is 238 g/mol. The molecule has 1 rings (SSSR count). The van der Waals surface area contributed by atoms with Gasteiger partial charge in [-0.25, -0.2) is 0 Å². The first-order chi connectivity index (χ1) is 9.34. The quantitative estimate of drug-likeness (QED) is 0.777. The summed E-state index contributed by atoms with van der Waals surface area (Å²) in [6.45, 7) is 3.96. The van der Waals surface area contributed by atoms with E-state index in [0.29, 0.717) is 6.61 Å². The van der Waals surface area contributed by atoms with Crippen molar-refractivity contribution in [3.05, 3.63) is 6.73 Å². The summed E-state index contributed by atoms with van der Waals surface area (Å²) in [5.74, 6) is 0.321. The maximum absolute atomic E-state index is 12.1. The lowest BCUT2D eigenvalue weighted by Gasteiger charge is -2.17. The number of carbonyl (C=O) groups is 1. The summed E-state index contributed by atoms with van der Waals surface area (Å²) in [6.07, 6.45) is 13.8. The van der Waals surface area contributed by atoms with Gasteiger partial charge in [0.25, 0.3) is 0 Å². The second-order valence-electron chi connectivity index (χ2n) is 5.54. The van der Waals surface area contributed by atoms with Crippen molar-refractivity contribution in [3.8, 4) is 0 Å². The highest BCUT2D eigenvalue weighted by Gasteiger charge is 2.17. The van der Waals surface area contributed by atoms with E-state index in [1.807, 2.05) is 6.92 Å². The van der Waals surface area contributed by atoms with E-state index in [-0.39, 0.29) is 11.8 Å². The van der Waals surface area contributed by atoms with Gasteiger partial charge in [-0.2, -0.15) is 0 Å². The van der Waals surface area contributed by atoms with Crippen LogP contribution in [0.5, 0.6) is 0 Å². The molecule has 1 amide bonds. The summed E-state index contributed by atoms with van der Waals surface area (Å²) >= 11 is 0. The first-order valence-electron chi connectivity index (χ1n) is 8.08. The Labute approximate surface area is 118 Å². The molecule has 1 fully saturated rings. The van der Waals surface area contributed by atoms with Crippen molar-refractivity contribution in [2.24, 2.45) is 5.92 Å². The first kappa shape index (κ1) is 16.5. The molecule has 1 radical (unpaired) electrons. The van der Waals surface area contributed by atoms with E-state index in [2.05, 4.69) is 5.32 Å². The Bertz CT molecular complexity index is 219. The van der Waals surface area contributed by atoms with E-state index in [1.165, 1.54) is 64.5 Å². The summed E-state index contributed by atoms with van der Waals surface area (Å²) in [5.41, 5.74) is 0. The molecule has 0 aromatic carbocycles. The van der Waals surface area contributed by atoms with Gasteiger partial charge in [-0.15, -0.1) is 0 Å². The molecule has 111 valence electrons. The summed E-state index contributed by atoms with van der Waals surface area (Å²) in [6, 6.07) is 0. The third-order valence-corrected chi connectivity index (χ3v) is 3.93. The molecule has 0 heterocycles. The van der Waals surface area contributed by atoms with Gasteiger partial charge in [0.05, 0.1) is 0 Å². The van der Waals surface area contributed by atoms with Crippen LogP contribution in [0.4, 0.5) is 0 Å². The summed E-state index contributed by atoms with van der Waals surface area (Å²) in [7, 11) is 0.